The van der Waals surface area contributed by atoms with Crippen molar-refractivity contribution < 1.29 is 14.3 Å². The number of nitrogens with two attached hydrogens (primary N) is 1. The van der Waals surface area contributed by atoms with Gasteiger partial charge >= 0.3 is 5.97 Å². The summed E-state index contributed by atoms with van der Waals surface area (Å²) in [6, 6.07) is 7.58. The zero-order valence-corrected chi connectivity index (χ0v) is 13.3. The summed E-state index contributed by atoms with van der Waals surface area (Å²) in [5.74, 6) is 0.160. The third-order valence-corrected chi connectivity index (χ3v) is 4.89. The van der Waals surface area contributed by atoms with E-state index in [1.807, 2.05) is 18.2 Å². The number of primary amides is 1. The number of amides is 1. The van der Waals surface area contributed by atoms with Crippen molar-refractivity contribution in [2.75, 3.05) is 7.11 Å². The summed E-state index contributed by atoms with van der Waals surface area (Å²) >= 11 is 0. The number of methoxy groups -OCH3 is 1. The minimum absolute atomic E-state index is 0.0655. The van der Waals surface area contributed by atoms with E-state index < -0.39 is 5.91 Å². The molecule has 122 valence electrons. The fourth-order valence-electron chi connectivity index (χ4n) is 3.54. The standard InChI is InChI=1S/C18H22N2O3/c1-23-18(22)13-4-2-12(3-5-13)11-20-9-8-14-10-15(17(19)21)6-7-16(14)20/h6-10,12-13H,2-5,11H2,1H3,(H2,19,21). The number of esters is 1. The minimum atomic E-state index is -0.402. The van der Waals surface area contributed by atoms with Gasteiger partial charge in [0, 0.05) is 29.2 Å². The van der Waals surface area contributed by atoms with Crippen LogP contribution in [-0.2, 0) is 16.1 Å². The Morgan fingerprint density at radius 2 is 1.96 bits per heavy atom. The lowest BCUT2D eigenvalue weighted by Crippen LogP contribution is -2.24. The van der Waals surface area contributed by atoms with Crippen LogP contribution in [0, 0.1) is 11.8 Å². The summed E-state index contributed by atoms with van der Waals surface area (Å²) in [6.07, 6.45) is 5.95. The zero-order chi connectivity index (χ0) is 16.4. The van der Waals surface area contributed by atoms with Crippen LogP contribution in [0.5, 0.6) is 0 Å². The van der Waals surface area contributed by atoms with E-state index in [9.17, 15) is 9.59 Å². The molecule has 0 bridgehead atoms. The Bertz CT molecular complexity index is 727. The summed E-state index contributed by atoms with van der Waals surface area (Å²) in [5, 5.41) is 1.03. The Kier molecular flexibility index (Phi) is 4.37. The third-order valence-electron chi connectivity index (χ3n) is 4.89. The fraction of sp³-hybridized carbons (Fsp3) is 0.444. The molecule has 1 amide bonds. The summed E-state index contributed by atoms with van der Waals surface area (Å²) in [5.41, 5.74) is 6.98. The van der Waals surface area contributed by atoms with E-state index in [4.69, 9.17) is 10.5 Å². The van der Waals surface area contributed by atoms with Crippen LogP contribution in [0.4, 0.5) is 0 Å². The molecule has 0 unspecified atom stereocenters. The van der Waals surface area contributed by atoms with Crippen LogP contribution in [0.1, 0.15) is 36.0 Å². The van der Waals surface area contributed by atoms with Gasteiger partial charge in [-0.1, -0.05) is 0 Å². The number of aromatic nitrogens is 1. The highest BCUT2D eigenvalue weighted by Crippen LogP contribution is 2.31. The maximum absolute atomic E-state index is 11.6. The highest BCUT2D eigenvalue weighted by molar-refractivity contribution is 5.97. The summed E-state index contributed by atoms with van der Waals surface area (Å²) in [4.78, 5) is 22.8. The Hall–Kier alpha value is -2.30. The number of nitrogens with zero attached hydrogens (tertiary/aromatic N) is 1. The lowest BCUT2D eigenvalue weighted by Gasteiger charge is -2.27. The van der Waals surface area contributed by atoms with E-state index in [1.54, 1.807) is 6.07 Å². The molecule has 2 aromatic rings. The maximum atomic E-state index is 11.6. The number of hydrogen-bond donors (Lipinski definition) is 1. The van der Waals surface area contributed by atoms with Gasteiger partial charge in [0.1, 0.15) is 0 Å². The molecule has 1 aromatic carbocycles. The smallest absolute Gasteiger partial charge is 0.308 e. The second kappa shape index (κ2) is 6.44. The molecular formula is C18H22N2O3. The molecule has 5 nitrogen and oxygen atoms in total. The van der Waals surface area contributed by atoms with Crippen LogP contribution in [-0.4, -0.2) is 23.6 Å². The highest BCUT2D eigenvalue weighted by Gasteiger charge is 2.27. The van der Waals surface area contributed by atoms with Gasteiger partial charge in [0.25, 0.3) is 0 Å². The van der Waals surface area contributed by atoms with Crippen LogP contribution >= 0.6 is 0 Å². The van der Waals surface area contributed by atoms with E-state index in [0.717, 1.165) is 43.1 Å². The summed E-state index contributed by atoms with van der Waals surface area (Å²) in [7, 11) is 1.46. The van der Waals surface area contributed by atoms with E-state index >= 15 is 0 Å². The van der Waals surface area contributed by atoms with Gasteiger partial charge in [-0.2, -0.15) is 0 Å². The number of carbonyl (C=O) groups is 2. The molecule has 23 heavy (non-hydrogen) atoms. The van der Waals surface area contributed by atoms with Gasteiger partial charge in [-0.15, -0.1) is 0 Å². The van der Waals surface area contributed by atoms with Gasteiger partial charge in [0.05, 0.1) is 13.0 Å². The Morgan fingerprint density at radius 1 is 1.22 bits per heavy atom. The van der Waals surface area contributed by atoms with E-state index in [1.165, 1.54) is 7.11 Å². The van der Waals surface area contributed by atoms with Crippen molar-refractivity contribution in [2.24, 2.45) is 17.6 Å². The molecule has 0 spiro atoms. The van der Waals surface area contributed by atoms with Crippen molar-refractivity contribution in [2.45, 2.75) is 32.2 Å². The second-order valence-electron chi connectivity index (χ2n) is 6.35. The summed E-state index contributed by atoms with van der Waals surface area (Å²) < 4.78 is 7.06. The number of fused-ring (bicyclic) bond motifs is 1. The number of rotatable bonds is 4. The number of ether oxygens (including phenoxy) is 1. The largest absolute Gasteiger partial charge is 0.469 e. The summed E-state index contributed by atoms with van der Waals surface area (Å²) in [6.45, 7) is 0.938. The van der Waals surface area contributed by atoms with Crippen molar-refractivity contribution in [3.8, 4) is 0 Å². The number of hydrogen-bond acceptors (Lipinski definition) is 3. The van der Waals surface area contributed by atoms with Crippen LogP contribution < -0.4 is 5.73 Å². The first-order valence-electron chi connectivity index (χ1n) is 8.05. The maximum Gasteiger partial charge on any atom is 0.308 e. The molecule has 5 heteroatoms. The topological polar surface area (TPSA) is 74.3 Å². The molecular weight excluding hydrogens is 292 g/mol. The predicted molar refractivity (Wildman–Crippen MR) is 87.9 cm³/mol. The van der Waals surface area contributed by atoms with Gasteiger partial charge in [-0.25, -0.2) is 0 Å². The van der Waals surface area contributed by atoms with Gasteiger partial charge in [-0.05, 0) is 55.9 Å². The van der Waals surface area contributed by atoms with Crippen molar-refractivity contribution in [3.05, 3.63) is 36.0 Å². The Labute approximate surface area is 135 Å². The molecule has 1 saturated carbocycles. The van der Waals surface area contributed by atoms with Crippen molar-refractivity contribution in [1.82, 2.24) is 4.57 Å². The lowest BCUT2D eigenvalue weighted by atomic mass is 9.82. The third kappa shape index (κ3) is 3.23. The Morgan fingerprint density at radius 3 is 2.61 bits per heavy atom. The van der Waals surface area contributed by atoms with Gasteiger partial charge in [0.15, 0.2) is 0 Å². The van der Waals surface area contributed by atoms with Crippen molar-refractivity contribution >= 4 is 22.8 Å². The first-order valence-corrected chi connectivity index (χ1v) is 8.05. The zero-order valence-electron chi connectivity index (χ0n) is 13.3. The van der Waals surface area contributed by atoms with Gasteiger partial charge in [0.2, 0.25) is 5.91 Å². The van der Waals surface area contributed by atoms with Crippen LogP contribution in [0.15, 0.2) is 30.5 Å². The van der Waals surface area contributed by atoms with E-state index in [2.05, 4.69) is 10.8 Å². The quantitative estimate of drug-likeness (QED) is 0.882. The van der Waals surface area contributed by atoms with E-state index in [-0.39, 0.29) is 11.9 Å². The molecule has 0 saturated heterocycles. The second-order valence-corrected chi connectivity index (χ2v) is 6.35. The average Bonchev–Trinajstić information content (AvgIpc) is 2.97. The van der Waals surface area contributed by atoms with Gasteiger partial charge in [-0.3, -0.25) is 9.59 Å². The van der Waals surface area contributed by atoms with E-state index in [0.29, 0.717) is 11.5 Å². The van der Waals surface area contributed by atoms with Crippen LogP contribution in [0.2, 0.25) is 0 Å². The van der Waals surface area contributed by atoms with Crippen LogP contribution in [0.3, 0.4) is 0 Å². The predicted octanol–water partition coefficient (Wildman–Crippen LogP) is 2.72. The monoisotopic (exact) mass is 314 g/mol. The highest BCUT2D eigenvalue weighted by atomic mass is 16.5. The molecule has 0 radical (unpaired) electrons. The van der Waals surface area contributed by atoms with Crippen molar-refractivity contribution in [3.63, 3.8) is 0 Å². The van der Waals surface area contributed by atoms with Crippen LogP contribution in [0.25, 0.3) is 10.9 Å². The van der Waals surface area contributed by atoms with Gasteiger partial charge < -0.3 is 15.0 Å². The molecule has 0 atom stereocenters. The molecule has 1 aromatic heterocycles. The minimum Gasteiger partial charge on any atom is -0.469 e. The Balaban J connectivity index is 1.68. The number of carbonyl (C=O) groups excluding carboxylic acids is 2. The fourth-order valence-corrected chi connectivity index (χ4v) is 3.54. The molecule has 1 fully saturated rings. The average molecular weight is 314 g/mol. The molecule has 1 aliphatic carbocycles. The number of benzene rings is 1. The molecule has 0 aliphatic heterocycles. The lowest BCUT2D eigenvalue weighted by molar-refractivity contribution is -0.146. The first-order chi connectivity index (χ1) is 11.1. The molecule has 1 heterocycles. The molecule has 2 N–H and O–H groups in total. The molecule has 3 rings (SSSR count). The van der Waals surface area contributed by atoms with Crippen molar-refractivity contribution in [1.29, 1.82) is 0 Å². The molecule has 1 aliphatic rings. The SMILES string of the molecule is COC(=O)C1CCC(Cn2ccc3cc(C(N)=O)ccc32)CC1. The first kappa shape index (κ1) is 15.6. The normalized spacial score (nSPS) is 21.3.